The van der Waals surface area contributed by atoms with E-state index in [1.54, 1.807) is 0 Å². The lowest BCUT2D eigenvalue weighted by Gasteiger charge is -2.32. The standard InChI is InChI=1S/C29H38N4/c1-4-10-27(11-5-1)24-31-18-16-30-17-19-32(25-28-12-6-2-7-13-28)21-23-33(22-20-31)26-29-14-8-3-9-15-29/h1-15,30H,16-26H2. The minimum atomic E-state index is 1.01. The van der Waals surface area contributed by atoms with Crippen molar-refractivity contribution in [2.75, 3.05) is 52.4 Å². The Morgan fingerprint density at radius 3 is 1.06 bits per heavy atom. The second-order valence-electron chi connectivity index (χ2n) is 9.04. The third-order valence-electron chi connectivity index (χ3n) is 6.42. The van der Waals surface area contributed by atoms with Gasteiger partial charge >= 0.3 is 0 Å². The maximum Gasteiger partial charge on any atom is 0.0234 e. The molecule has 3 aromatic rings. The predicted molar refractivity (Wildman–Crippen MR) is 138 cm³/mol. The van der Waals surface area contributed by atoms with Crippen LogP contribution in [0.5, 0.6) is 0 Å². The summed E-state index contributed by atoms with van der Waals surface area (Å²) in [5.41, 5.74) is 4.19. The highest BCUT2D eigenvalue weighted by Gasteiger charge is 2.14. The SMILES string of the molecule is c1ccc(CN2CCNCCN(Cc3ccccc3)CCN(Cc3ccccc3)CC2)cc1. The van der Waals surface area contributed by atoms with Crippen molar-refractivity contribution < 1.29 is 0 Å². The second kappa shape index (κ2) is 13.3. The molecule has 0 aromatic heterocycles. The Bertz CT molecular complexity index is 845. The first-order chi connectivity index (χ1) is 16.3. The van der Waals surface area contributed by atoms with Gasteiger partial charge in [0.2, 0.25) is 0 Å². The first-order valence-corrected chi connectivity index (χ1v) is 12.3. The summed E-state index contributed by atoms with van der Waals surface area (Å²) in [6.45, 7) is 11.6. The zero-order valence-corrected chi connectivity index (χ0v) is 19.8. The zero-order valence-electron chi connectivity index (χ0n) is 19.8. The highest BCUT2D eigenvalue weighted by Crippen LogP contribution is 2.10. The van der Waals surface area contributed by atoms with Crippen LogP contribution in [-0.2, 0) is 19.6 Å². The Kier molecular flexibility index (Phi) is 9.51. The van der Waals surface area contributed by atoms with E-state index in [1.165, 1.54) is 16.7 Å². The van der Waals surface area contributed by atoms with Gasteiger partial charge in [0, 0.05) is 72.0 Å². The van der Waals surface area contributed by atoms with Gasteiger partial charge in [-0.3, -0.25) is 14.7 Å². The van der Waals surface area contributed by atoms with E-state index >= 15 is 0 Å². The minimum absolute atomic E-state index is 1.01. The van der Waals surface area contributed by atoms with Gasteiger partial charge in [-0.15, -0.1) is 0 Å². The lowest BCUT2D eigenvalue weighted by atomic mass is 10.2. The summed E-state index contributed by atoms with van der Waals surface area (Å²) < 4.78 is 0. The quantitative estimate of drug-likeness (QED) is 0.621. The molecule has 0 atom stereocenters. The molecule has 1 saturated heterocycles. The van der Waals surface area contributed by atoms with E-state index in [2.05, 4.69) is 111 Å². The summed E-state index contributed by atoms with van der Waals surface area (Å²) in [5.74, 6) is 0. The van der Waals surface area contributed by atoms with Crippen molar-refractivity contribution in [3.8, 4) is 0 Å². The molecule has 3 aromatic carbocycles. The number of hydrogen-bond acceptors (Lipinski definition) is 4. The normalized spacial score (nSPS) is 17.8. The van der Waals surface area contributed by atoms with Crippen molar-refractivity contribution >= 4 is 0 Å². The summed E-state index contributed by atoms with van der Waals surface area (Å²) in [4.78, 5) is 7.84. The predicted octanol–water partition coefficient (Wildman–Crippen LogP) is 4.10. The summed E-state index contributed by atoms with van der Waals surface area (Å²) in [6, 6.07) is 32.7. The van der Waals surface area contributed by atoms with Crippen molar-refractivity contribution in [2.24, 2.45) is 0 Å². The van der Waals surface area contributed by atoms with Crippen LogP contribution in [0.15, 0.2) is 91.0 Å². The van der Waals surface area contributed by atoms with Crippen molar-refractivity contribution in [3.63, 3.8) is 0 Å². The molecule has 0 aliphatic carbocycles. The van der Waals surface area contributed by atoms with E-state index in [-0.39, 0.29) is 0 Å². The van der Waals surface area contributed by atoms with E-state index in [1.807, 2.05) is 0 Å². The van der Waals surface area contributed by atoms with Gasteiger partial charge in [0.25, 0.3) is 0 Å². The van der Waals surface area contributed by atoms with Crippen LogP contribution < -0.4 is 5.32 Å². The summed E-state index contributed by atoms with van der Waals surface area (Å²) >= 11 is 0. The summed E-state index contributed by atoms with van der Waals surface area (Å²) in [6.07, 6.45) is 0. The molecular formula is C29H38N4. The Labute approximate surface area is 199 Å². The van der Waals surface area contributed by atoms with E-state index in [0.717, 1.165) is 72.0 Å². The fourth-order valence-corrected chi connectivity index (χ4v) is 4.50. The molecule has 1 N–H and O–H groups in total. The van der Waals surface area contributed by atoms with Crippen molar-refractivity contribution in [3.05, 3.63) is 108 Å². The molecule has 0 saturated carbocycles. The molecule has 174 valence electrons. The smallest absolute Gasteiger partial charge is 0.0234 e. The maximum absolute atomic E-state index is 3.69. The molecule has 0 bridgehead atoms. The fourth-order valence-electron chi connectivity index (χ4n) is 4.50. The molecule has 1 fully saturated rings. The summed E-state index contributed by atoms with van der Waals surface area (Å²) in [5, 5.41) is 3.69. The second-order valence-corrected chi connectivity index (χ2v) is 9.04. The molecule has 4 nitrogen and oxygen atoms in total. The monoisotopic (exact) mass is 442 g/mol. The number of nitrogens with zero attached hydrogens (tertiary/aromatic N) is 3. The van der Waals surface area contributed by atoms with Crippen LogP contribution >= 0.6 is 0 Å². The molecule has 1 aliphatic rings. The summed E-state index contributed by atoms with van der Waals surface area (Å²) in [7, 11) is 0. The topological polar surface area (TPSA) is 21.8 Å². The van der Waals surface area contributed by atoms with Crippen LogP contribution in [-0.4, -0.2) is 67.1 Å². The van der Waals surface area contributed by atoms with Gasteiger partial charge in [-0.05, 0) is 16.7 Å². The zero-order chi connectivity index (χ0) is 22.6. The Morgan fingerprint density at radius 1 is 0.424 bits per heavy atom. The molecule has 0 radical (unpaired) electrons. The largest absolute Gasteiger partial charge is 0.314 e. The minimum Gasteiger partial charge on any atom is -0.314 e. The van der Waals surface area contributed by atoms with E-state index < -0.39 is 0 Å². The highest BCUT2D eigenvalue weighted by molar-refractivity contribution is 5.16. The molecule has 0 spiro atoms. The van der Waals surface area contributed by atoms with Crippen LogP contribution in [0.3, 0.4) is 0 Å². The molecule has 1 heterocycles. The number of rotatable bonds is 6. The van der Waals surface area contributed by atoms with E-state index in [4.69, 9.17) is 0 Å². The third-order valence-corrected chi connectivity index (χ3v) is 6.42. The van der Waals surface area contributed by atoms with Crippen LogP contribution in [0.1, 0.15) is 16.7 Å². The van der Waals surface area contributed by atoms with Crippen LogP contribution in [0.25, 0.3) is 0 Å². The van der Waals surface area contributed by atoms with Gasteiger partial charge in [-0.25, -0.2) is 0 Å². The molecule has 1 aliphatic heterocycles. The molecule has 0 amide bonds. The van der Waals surface area contributed by atoms with Crippen LogP contribution in [0, 0.1) is 0 Å². The van der Waals surface area contributed by atoms with Crippen molar-refractivity contribution in [1.82, 2.24) is 20.0 Å². The van der Waals surface area contributed by atoms with Gasteiger partial charge in [0.1, 0.15) is 0 Å². The molecule has 4 heteroatoms. The first-order valence-electron chi connectivity index (χ1n) is 12.3. The van der Waals surface area contributed by atoms with Crippen LogP contribution in [0.2, 0.25) is 0 Å². The van der Waals surface area contributed by atoms with Crippen molar-refractivity contribution in [1.29, 1.82) is 0 Å². The average Bonchev–Trinajstić information content (AvgIpc) is 2.86. The average molecular weight is 443 g/mol. The lowest BCUT2D eigenvalue weighted by Crippen LogP contribution is -2.44. The lowest BCUT2D eigenvalue weighted by molar-refractivity contribution is 0.157. The van der Waals surface area contributed by atoms with Gasteiger partial charge in [-0.1, -0.05) is 91.0 Å². The Balaban J connectivity index is 1.42. The van der Waals surface area contributed by atoms with Crippen LogP contribution in [0.4, 0.5) is 0 Å². The first kappa shape index (κ1) is 23.7. The third kappa shape index (κ3) is 8.41. The molecule has 0 unspecified atom stereocenters. The van der Waals surface area contributed by atoms with Crippen molar-refractivity contribution in [2.45, 2.75) is 19.6 Å². The number of hydrogen-bond donors (Lipinski definition) is 1. The maximum atomic E-state index is 3.69. The van der Waals surface area contributed by atoms with Gasteiger partial charge in [0.05, 0.1) is 0 Å². The van der Waals surface area contributed by atoms with Gasteiger partial charge in [-0.2, -0.15) is 0 Å². The van der Waals surface area contributed by atoms with E-state index in [9.17, 15) is 0 Å². The Hall–Kier alpha value is -2.50. The molecule has 33 heavy (non-hydrogen) atoms. The number of benzene rings is 3. The molecular weight excluding hydrogens is 404 g/mol. The van der Waals surface area contributed by atoms with E-state index in [0.29, 0.717) is 0 Å². The fraction of sp³-hybridized carbons (Fsp3) is 0.379. The number of nitrogens with one attached hydrogen (secondary N) is 1. The van der Waals surface area contributed by atoms with Gasteiger partial charge < -0.3 is 5.32 Å². The Morgan fingerprint density at radius 2 is 0.727 bits per heavy atom. The molecule has 4 rings (SSSR count). The van der Waals surface area contributed by atoms with Gasteiger partial charge in [0.15, 0.2) is 0 Å². The highest BCUT2D eigenvalue weighted by atomic mass is 15.2.